The summed E-state index contributed by atoms with van der Waals surface area (Å²) in [6.45, 7) is 7.68. The van der Waals surface area contributed by atoms with Crippen LogP contribution in [0.15, 0.2) is 53.4 Å². The Morgan fingerprint density at radius 3 is 2.60 bits per heavy atom. The number of fused-ring (bicyclic) bond motifs is 1. The van der Waals surface area contributed by atoms with Crippen molar-refractivity contribution in [2.45, 2.75) is 17.9 Å². The quantitative estimate of drug-likeness (QED) is 0.465. The highest BCUT2D eigenvalue weighted by Gasteiger charge is 2.22. The van der Waals surface area contributed by atoms with Crippen molar-refractivity contribution in [3.8, 4) is 0 Å². The van der Waals surface area contributed by atoms with Gasteiger partial charge in [-0.05, 0) is 18.2 Å². The van der Waals surface area contributed by atoms with Crippen LogP contribution >= 0.6 is 11.8 Å². The lowest BCUT2D eigenvalue weighted by Crippen LogP contribution is -3.27. The molecule has 158 valence electrons. The summed E-state index contributed by atoms with van der Waals surface area (Å²) < 4.78 is 0. The largest absolute Gasteiger partial charge is 0.352 e. The Balaban J connectivity index is 1.15. The third kappa shape index (κ3) is 5.62. The Morgan fingerprint density at radius 1 is 1.03 bits per heavy atom. The second-order valence-corrected chi connectivity index (χ2v) is 9.09. The highest BCUT2D eigenvalue weighted by molar-refractivity contribution is 8.00. The highest BCUT2D eigenvalue weighted by atomic mass is 32.2. The molecule has 2 aromatic carbocycles. The summed E-state index contributed by atoms with van der Waals surface area (Å²) in [5.41, 5.74) is 2.75. The number of nitrogens with one attached hydrogen (secondary N) is 4. The van der Waals surface area contributed by atoms with Crippen LogP contribution in [-0.2, 0) is 11.3 Å². The number of quaternary nitrogens is 2. The van der Waals surface area contributed by atoms with Crippen molar-refractivity contribution < 1.29 is 19.4 Å². The van der Waals surface area contributed by atoms with Crippen molar-refractivity contribution in [2.75, 3.05) is 50.3 Å². The van der Waals surface area contributed by atoms with Crippen LogP contribution in [0.4, 0.5) is 5.69 Å². The third-order valence-electron chi connectivity index (χ3n) is 5.83. The van der Waals surface area contributed by atoms with E-state index in [-0.39, 0.29) is 11.8 Å². The summed E-state index contributed by atoms with van der Waals surface area (Å²) in [5.74, 6) is 0.344. The number of anilines is 1. The Morgan fingerprint density at radius 2 is 1.80 bits per heavy atom. The van der Waals surface area contributed by atoms with Gasteiger partial charge in [-0.3, -0.25) is 9.59 Å². The molecule has 6 nitrogen and oxygen atoms in total. The van der Waals surface area contributed by atoms with Crippen molar-refractivity contribution in [3.63, 3.8) is 0 Å². The number of rotatable bonds is 7. The number of thioether (sulfide) groups is 1. The Hall–Kier alpha value is -2.35. The van der Waals surface area contributed by atoms with Crippen LogP contribution in [0.25, 0.3) is 0 Å². The van der Waals surface area contributed by atoms with Crippen molar-refractivity contribution in [1.29, 1.82) is 0 Å². The molecule has 4 rings (SSSR count). The van der Waals surface area contributed by atoms with Crippen molar-refractivity contribution in [1.82, 2.24) is 5.32 Å². The monoisotopic (exact) mass is 426 g/mol. The zero-order chi connectivity index (χ0) is 20.8. The minimum Gasteiger partial charge on any atom is -0.352 e. The van der Waals surface area contributed by atoms with Crippen molar-refractivity contribution >= 4 is 29.3 Å². The molecule has 0 spiro atoms. The van der Waals surface area contributed by atoms with Gasteiger partial charge in [0.2, 0.25) is 5.91 Å². The first kappa shape index (κ1) is 20.9. The minimum absolute atomic E-state index is 0.0151. The fourth-order valence-electron chi connectivity index (χ4n) is 4.14. The fraction of sp³-hybridized carbons (Fsp3) is 0.391. The molecule has 7 heteroatoms. The average Bonchev–Trinajstić information content (AvgIpc) is 2.78. The van der Waals surface area contributed by atoms with Crippen molar-refractivity contribution in [3.05, 3.63) is 59.7 Å². The Bertz CT molecular complexity index is 882. The van der Waals surface area contributed by atoms with Crippen LogP contribution in [0.3, 0.4) is 0 Å². The van der Waals surface area contributed by atoms with Gasteiger partial charge < -0.3 is 20.4 Å². The molecule has 0 aliphatic carbocycles. The van der Waals surface area contributed by atoms with Crippen LogP contribution in [0.5, 0.6) is 0 Å². The van der Waals surface area contributed by atoms with E-state index in [4.69, 9.17) is 0 Å². The molecule has 0 aromatic heterocycles. The maximum Gasteiger partial charge on any atom is 0.251 e. The molecular formula is C23H30N4O2S+2. The van der Waals surface area contributed by atoms with Gasteiger partial charge in [-0.25, -0.2) is 0 Å². The van der Waals surface area contributed by atoms with Crippen LogP contribution < -0.4 is 20.4 Å². The SMILES string of the molecule is O=C1CSc2ccc(C(=O)NCCC[NH+]3CC[NH+](Cc4ccccc4)CC3)cc2N1. The van der Waals surface area contributed by atoms with Gasteiger partial charge in [0.1, 0.15) is 32.7 Å². The third-order valence-corrected chi connectivity index (χ3v) is 6.90. The second kappa shape index (κ2) is 10.1. The lowest BCUT2D eigenvalue weighted by Gasteiger charge is -2.29. The van der Waals surface area contributed by atoms with Gasteiger partial charge in [0.15, 0.2) is 0 Å². The molecule has 2 aliphatic rings. The Kier molecular flexibility index (Phi) is 7.04. The number of benzene rings is 2. The van der Waals surface area contributed by atoms with E-state index in [1.54, 1.807) is 15.9 Å². The number of hydrogen-bond donors (Lipinski definition) is 4. The maximum absolute atomic E-state index is 12.4. The minimum atomic E-state index is -0.0743. The first-order chi connectivity index (χ1) is 14.7. The van der Waals surface area contributed by atoms with E-state index in [1.165, 1.54) is 43.5 Å². The molecule has 2 heterocycles. The normalized spacial score (nSPS) is 20.9. The van der Waals surface area contributed by atoms with Gasteiger partial charge in [-0.15, -0.1) is 11.8 Å². The number of carbonyl (C=O) groups excluding carboxylic acids is 2. The first-order valence-electron chi connectivity index (χ1n) is 10.7. The standard InChI is InChI=1S/C23H28N4O2S/c28-22-17-30-21-8-7-19(15-20(21)25-22)23(29)24-9-4-10-26-11-13-27(14-12-26)16-18-5-2-1-3-6-18/h1-3,5-8,15H,4,9-14,16-17H2,(H,24,29)(H,25,28)/p+2. The predicted octanol–water partition coefficient (Wildman–Crippen LogP) is -0.166. The second-order valence-electron chi connectivity index (χ2n) is 8.07. The summed E-state index contributed by atoms with van der Waals surface area (Å²) in [6.07, 6.45) is 0.979. The molecule has 2 aliphatic heterocycles. The number of amides is 2. The molecule has 0 saturated carbocycles. The van der Waals surface area contributed by atoms with Crippen LogP contribution in [0, 0.1) is 0 Å². The number of piperazine rings is 1. The zero-order valence-electron chi connectivity index (χ0n) is 17.2. The van der Waals surface area contributed by atoms with Crippen molar-refractivity contribution in [2.24, 2.45) is 0 Å². The van der Waals surface area contributed by atoms with E-state index < -0.39 is 0 Å². The van der Waals surface area contributed by atoms with E-state index in [0.29, 0.717) is 17.9 Å². The van der Waals surface area contributed by atoms with Gasteiger partial charge in [0, 0.05) is 29.0 Å². The van der Waals surface area contributed by atoms with Gasteiger partial charge >= 0.3 is 0 Å². The molecule has 0 radical (unpaired) electrons. The summed E-state index contributed by atoms with van der Waals surface area (Å²) in [7, 11) is 0. The molecule has 1 saturated heterocycles. The van der Waals surface area contributed by atoms with E-state index in [1.807, 2.05) is 12.1 Å². The summed E-state index contributed by atoms with van der Waals surface area (Å²) in [6, 6.07) is 16.2. The van der Waals surface area contributed by atoms with Crippen LogP contribution in [0.2, 0.25) is 0 Å². The lowest BCUT2D eigenvalue weighted by atomic mass is 10.1. The van der Waals surface area contributed by atoms with Crippen LogP contribution in [-0.4, -0.2) is 56.8 Å². The number of hydrogen-bond acceptors (Lipinski definition) is 3. The smallest absolute Gasteiger partial charge is 0.251 e. The van der Waals surface area contributed by atoms with Gasteiger partial charge in [0.05, 0.1) is 18.0 Å². The highest BCUT2D eigenvalue weighted by Crippen LogP contribution is 2.31. The van der Waals surface area contributed by atoms with E-state index >= 15 is 0 Å². The van der Waals surface area contributed by atoms with Crippen LogP contribution in [0.1, 0.15) is 22.3 Å². The molecule has 1 fully saturated rings. The van der Waals surface area contributed by atoms with E-state index in [9.17, 15) is 9.59 Å². The fourth-order valence-corrected chi connectivity index (χ4v) is 4.92. The predicted molar refractivity (Wildman–Crippen MR) is 119 cm³/mol. The molecule has 0 bridgehead atoms. The zero-order valence-corrected chi connectivity index (χ0v) is 18.0. The molecule has 2 aromatic rings. The average molecular weight is 427 g/mol. The van der Waals surface area contributed by atoms with Gasteiger partial charge in [-0.2, -0.15) is 0 Å². The van der Waals surface area contributed by atoms with Gasteiger partial charge in [-0.1, -0.05) is 30.3 Å². The van der Waals surface area contributed by atoms with E-state index in [2.05, 4.69) is 41.0 Å². The maximum atomic E-state index is 12.4. The summed E-state index contributed by atoms with van der Waals surface area (Å²) in [4.78, 5) is 28.3. The number of carbonyl (C=O) groups is 2. The molecule has 0 atom stereocenters. The molecule has 4 N–H and O–H groups in total. The first-order valence-corrected chi connectivity index (χ1v) is 11.7. The molecular weight excluding hydrogens is 396 g/mol. The topological polar surface area (TPSA) is 67.1 Å². The molecule has 0 unspecified atom stereocenters. The Labute approximate surface area is 182 Å². The summed E-state index contributed by atoms with van der Waals surface area (Å²) >= 11 is 1.51. The molecule has 30 heavy (non-hydrogen) atoms. The lowest BCUT2D eigenvalue weighted by molar-refractivity contribution is -1.02. The van der Waals surface area contributed by atoms with Gasteiger partial charge in [0.25, 0.3) is 5.91 Å². The van der Waals surface area contributed by atoms with E-state index in [0.717, 1.165) is 30.1 Å². The molecule has 2 amide bonds. The summed E-state index contributed by atoms with van der Waals surface area (Å²) in [5, 5.41) is 5.86.